The zero-order valence-corrected chi connectivity index (χ0v) is 14.7. The number of nitrogens with one attached hydrogen (secondary N) is 1. The van der Waals surface area contributed by atoms with Crippen LogP contribution in [0.3, 0.4) is 0 Å². The summed E-state index contributed by atoms with van der Waals surface area (Å²) in [5.41, 5.74) is 0.708. The average molecular weight is 360 g/mol. The third-order valence-corrected chi connectivity index (χ3v) is 5.39. The van der Waals surface area contributed by atoms with Crippen LogP contribution in [0.15, 0.2) is 18.2 Å². The van der Waals surface area contributed by atoms with E-state index in [9.17, 15) is 9.59 Å². The standard InChI is InChI=1S/C19H24N2O5/c22-18(20-15-1-2-16-17(11-15)26-12-25-16)13-3-7-21(8-4-13)19(23)14-5-9-24-10-6-14/h1-2,11,13-14H,3-10,12H2,(H,20,22). The monoisotopic (exact) mass is 360 g/mol. The van der Waals surface area contributed by atoms with Crippen molar-refractivity contribution < 1.29 is 23.8 Å². The summed E-state index contributed by atoms with van der Waals surface area (Å²) in [4.78, 5) is 27.0. The van der Waals surface area contributed by atoms with E-state index in [1.54, 1.807) is 12.1 Å². The molecule has 2 amide bonds. The fourth-order valence-corrected chi connectivity index (χ4v) is 3.78. The number of fused-ring (bicyclic) bond motifs is 1. The van der Waals surface area contributed by atoms with E-state index >= 15 is 0 Å². The number of nitrogens with zero attached hydrogens (tertiary/aromatic N) is 1. The molecule has 0 spiro atoms. The number of hydrogen-bond donors (Lipinski definition) is 1. The Labute approximate surface area is 152 Å². The van der Waals surface area contributed by atoms with Crippen molar-refractivity contribution in [2.45, 2.75) is 25.7 Å². The molecule has 0 atom stereocenters. The van der Waals surface area contributed by atoms with Crippen LogP contribution in [0.2, 0.25) is 0 Å². The molecule has 3 heterocycles. The van der Waals surface area contributed by atoms with Gasteiger partial charge < -0.3 is 24.4 Å². The maximum absolute atomic E-state index is 12.6. The molecule has 7 nitrogen and oxygen atoms in total. The summed E-state index contributed by atoms with van der Waals surface area (Å²) in [7, 11) is 0. The predicted molar refractivity (Wildman–Crippen MR) is 94.0 cm³/mol. The van der Waals surface area contributed by atoms with Gasteiger partial charge in [-0.15, -0.1) is 0 Å². The minimum atomic E-state index is -0.0702. The molecule has 1 aromatic rings. The van der Waals surface area contributed by atoms with Crippen LogP contribution >= 0.6 is 0 Å². The summed E-state index contributed by atoms with van der Waals surface area (Å²) >= 11 is 0. The Balaban J connectivity index is 1.28. The molecule has 4 rings (SSSR count). The minimum absolute atomic E-state index is 0.00188. The highest BCUT2D eigenvalue weighted by molar-refractivity contribution is 5.93. The number of likely N-dealkylation sites (tertiary alicyclic amines) is 1. The van der Waals surface area contributed by atoms with Gasteiger partial charge in [0, 0.05) is 49.9 Å². The lowest BCUT2D eigenvalue weighted by Gasteiger charge is -2.34. The van der Waals surface area contributed by atoms with E-state index in [1.807, 2.05) is 11.0 Å². The molecule has 0 saturated carbocycles. The molecular formula is C19H24N2O5. The molecule has 0 aliphatic carbocycles. The molecule has 0 radical (unpaired) electrons. The molecule has 26 heavy (non-hydrogen) atoms. The molecule has 0 aromatic heterocycles. The highest BCUT2D eigenvalue weighted by Gasteiger charge is 2.31. The van der Waals surface area contributed by atoms with E-state index in [0.717, 1.165) is 12.8 Å². The number of amides is 2. The second kappa shape index (κ2) is 7.53. The third kappa shape index (κ3) is 3.62. The van der Waals surface area contributed by atoms with Crippen molar-refractivity contribution in [3.05, 3.63) is 18.2 Å². The quantitative estimate of drug-likeness (QED) is 0.892. The van der Waals surface area contributed by atoms with Crippen LogP contribution in [0.4, 0.5) is 5.69 Å². The van der Waals surface area contributed by atoms with Crippen LogP contribution in [-0.2, 0) is 14.3 Å². The normalized spacial score (nSPS) is 20.8. The lowest BCUT2D eigenvalue weighted by Crippen LogP contribution is -2.45. The Bertz CT molecular complexity index is 679. The number of piperidine rings is 1. The van der Waals surface area contributed by atoms with Gasteiger partial charge in [0.2, 0.25) is 18.6 Å². The highest BCUT2D eigenvalue weighted by Crippen LogP contribution is 2.34. The maximum atomic E-state index is 12.6. The molecule has 2 fully saturated rings. The fraction of sp³-hybridized carbons (Fsp3) is 0.579. The van der Waals surface area contributed by atoms with Crippen molar-refractivity contribution in [2.24, 2.45) is 11.8 Å². The second-order valence-electron chi connectivity index (χ2n) is 7.04. The van der Waals surface area contributed by atoms with E-state index in [0.29, 0.717) is 56.3 Å². The van der Waals surface area contributed by atoms with Crippen LogP contribution < -0.4 is 14.8 Å². The van der Waals surface area contributed by atoms with Crippen LogP contribution in [0.1, 0.15) is 25.7 Å². The first-order valence-corrected chi connectivity index (χ1v) is 9.28. The van der Waals surface area contributed by atoms with Gasteiger partial charge in [-0.1, -0.05) is 0 Å². The summed E-state index contributed by atoms with van der Waals surface area (Å²) in [6.07, 6.45) is 3.02. The van der Waals surface area contributed by atoms with Gasteiger partial charge >= 0.3 is 0 Å². The molecule has 3 aliphatic rings. The van der Waals surface area contributed by atoms with E-state index in [4.69, 9.17) is 14.2 Å². The first-order valence-electron chi connectivity index (χ1n) is 9.28. The lowest BCUT2D eigenvalue weighted by atomic mass is 9.93. The van der Waals surface area contributed by atoms with Crippen molar-refractivity contribution in [1.29, 1.82) is 0 Å². The Hall–Kier alpha value is -2.28. The number of hydrogen-bond acceptors (Lipinski definition) is 5. The summed E-state index contributed by atoms with van der Waals surface area (Å²) < 4.78 is 15.9. The summed E-state index contributed by atoms with van der Waals surface area (Å²) in [5.74, 6) is 1.59. The highest BCUT2D eigenvalue weighted by atomic mass is 16.7. The Morgan fingerprint density at radius 1 is 0.962 bits per heavy atom. The maximum Gasteiger partial charge on any atom is 0.231 e. The summed E-state index contributed by atoms with van der Waals surface area (Å²) in [6.45, 7) is 2.85. The molecule has 1 N–H and O–H groups in total. The van der Waals surface area contributed by atoms with Crippen molar-refractivity contribution >= 4 is 17.5 Å². The number of benzene rings is 1. The van der Waals surface area contributed by atoms with E-state index in [-0.39, 0.29) is 30.4 Å². The predicted octanol–water partition coefficient (Wildman–Crippen LogP) is 2.02. The molecule has 1 aromatic carbocycles. The molecule has 2 saturated heterocycles. The molecule has 0 bridgehead atoms. The van der Waals surface area contributed by atoms with Crippen molar-refractivity contribution in [3.8, 4) is 11.5 Å². The Morgan fingerprint density at radius 3 is 2.46 bits per heavy atom. The van der Waals surface area contributed by atoms with Crippen LogP contribution in [0.5, 0.6) is 11.5 Å². The number of carbonyl (C=O) groups is 2. The van der Waals surface area contributed by atoms with Gasteiger partial charge in [-0.2, -0.15) is 0 Å². The molecule has 0 unspecified atom stereocenters. The number of rotatable bonds is 3. The van der Waals surface area contributed by atoms with Crippen LogP contribution in [0, 0.1) is 11.8 Å². The Kier molecular flexibility index (Phi) is 4.97. The van der Waals surface area contributed by atoms with E-state index in [2.05, 4.69) is 5.32 Å². The smallest absolute Gasteiger partial charge is 0.231 e. The van der Waals surface area contributed by atoms with Crippen molar-refractivity contribution in [1.82, 2.24) is 4.90 Å². The van der Waals surface area contributed by atoms with E-state index < -0.39 is 0 Å². The van der Waals surface area contributed by atoms with Gasteiger partial charge in [-0.05, 0) is 37.8 Å². The first-order chi connectivity index (χ1) is 12.7. The molecule has 7 heteroatoms. The zero-order chi connectivity index (χ0) is 17.9. The van der Waals surface area contributed by atoms with Gasteiger partial charge in [0.25, 0.3) is 0 Å². The minimum Gasteiger partial charge on any atom is -0.454 e. The lowest BCUT2D eigenvalue weighted by molar-refractivity contribution is -0.141. The topological polar surface area (TPSA) is 77.1 Å². The van der Waals surface area contributed by atoms with Gasteiger partial charge in [0.05, 0.1) is 0 Å². The van der Waals surface area contributed by atoms with Gasteiger partial charge in [-0.25, -0.2) is 0 Å². The van der Waals surface area contributed by atoms with Gasteiger partial charge in [-0.3, -0.25) is 9.59 Å². The van der Waals surface area contributed by atoms with Gasteiger partial charge in [0.1, 0.15) is 0 Å². The SMILES string of the molecule is O=C(Nc1ccc2c(c1)OCO2)C1CCN(C(=O)C2CCOCC2)CC1. The summed E-state index contributed by atoms with van der Waals surface area (Å²) in [5, 5.41) is 2.95. The van der Waals surface area contributed by atoms with Crippen molar-refractivity contribution in [2.75, 3.05) is 38.4 Å². The van der Waals surface area contributed by atoms with Crippen LogP contribution in [0.25, 0.3) is 0 Å². The van der Waals surface area contributed by atoms with E-state index in [1.165, 1.54) is 0 Å². The zero-order valence-electron chi connectivity index (χ0n) is 14.7. The van der Waals surface area contributed by atoms with Crippen molar-refractivity contribution in [3.63, 3.8) is 0 Å². The molecule has 140 valence electrons. The average Bonchev–Trinajstić information content (AvgIpc) is 3.16. The number of ether oxygens (including phenoxy) is 3. The molecule has 3 aliphatic heterocycles. The van der Waals surface area contributed by atoms with Crippen LogP contribution in [-0.4, -0.2) is 49.8 Å². The summed E-state index contributed by atoms with van der Waals surface area (Å²) in [6, 6.07) is 5.40. The Morgan fingerprint density at radius 2 is 1.69 bits per heavy atom. The fourth-order valence-electron chi connectivity index (χ4n) is 3.78. The largest absolute Gasteiger partial charge is 0.454 e. The third-order valence-electron chi connectivity index (χ3n) is 5.39. The number of carbonyl (C=O) groups excluding carboxylic acids is 2. The second-order valence-corrected chi connectivity index (χ2v) is 7.04. The number of anilines is 1. The molecular weight excluding hydrogens is 336 g/mol. The van der Waals surface area contributed by atoms with Gasteiger partial charge in [0.15, 0.2) is 11.5 Å². The first kappa shape index (κ1) is 17.1.